The highest BCUT2D eigenvalue weighted by molar-refractivity contribution is 7.99. The van der Waals surface area contributed by atoms with Gasteiger partial charge >= 0.3 is 0 Å². The van der Waals surface area contributed by atoms with Gasteiger partial charge in [-0.05, 0) is 68.7 Å². The second-order valence-corrected chi connectivity index (χ2v) is 8.05. The van der Waals surface area contributed by atoms with E-state index < -0.39 is 0 Å². The molecule has 0 spiro atoms. The van der Waals surface area contributed by atoms with Gasteiger partial charge in [-0.3, -0.25) is 4.79 Å². The average Bonchev–Trinajstić information content (AvgIpc) is 3.04. The van der Waals surface area contributed by atoms with Crippen LogP contribution in [0.25, 0.3) is 0 Å². The number of nitrogens with one attached hydrogen (secondary N) is 1. The van der Waals surface area contributed by atoms with Crippen molar-refractivity contribution in [1.82, 2.24) is 14.8 Å². The van der Waals surface area contributed by atoms with Crippen LogP contribution in [-0.4, -0.2) is 26.4 Å². The first-order valence-corrected chi connectivity index (χ1v) is 10.4. The maximum atomic E-state index is 12.2. The van der Waals surface area contributed by atoms with Gasteiger partial charge in [0.25, 0.3) is 0 Å². The van der Waals surface area contributed by atoms with E-state index in [1.807, 2.05) is 67.9 Å². The summed E-state index contributed by atoms with van der Waals surface area (Å²) in [5.41, 5.74) is 4.31. The summed E-state index contributed by atoms with van der Waals surface area (Å²) in [5.74, 6) is 1.69. The van der Waals surface area contributed by atoms with E-state index in [1.54, 1.807) is 0 Å². The van der Waals surface area contributed by atoms with Crippen LogP contribution in [0.5, 0.6) is 5.75 Å². The van der Waals surface area contributed by atoms with Crippen molar-refractivity contribution >= 4 is 23.4 Å². The molecule has 6 nitrogen and oxygen atoms in total. The lowest BCUT2D eigenvalue weighted by Gasteiger charge is -2.15. The summed E-state index contributed by atoms with van der Waals surface area (Å²) in [7, 11) is 1.89. The number of aryl methyl sites for hydroxylation is 3. The highest BCUT2D eigenvalue weighted by Gasteiger charge is 2.18. The number of hydrogen-bond donors (Lipinski definition) is 1. The highest BCUT2D eigenvalue weighted by Crippen LogP contribution is 2.25. The molecular formula is C22H26N4O2S. The Labute approximate surface area is 175 Å². The van der Waals surface area contributed by atoms with E-state index in [-0.39, 0.29) is 17.8 Å². The molecule has 1 aromatic heterocycles. The van der Waals surface area contributed by atoms with Gasteiger partial charge in [0.15, 0.2) is 17.1 Å². The van der Waals surface area contributed by atoms with E-state index in [2.05, 4.69) is 29.4 Å². The summed E-state index contributed by atoms with van der Waals surface area (Å²) in [5, 5.41) is 12.1. The number of rotatable bonds is 7. The summed E-state index contributed by atoms with van der Waals surface area (Å²) >= 11 is 1.35. The lowest BCUT2D eigenvalue weighted by molar-refractivity contribution is -0.113. The number of aromatic nitrogens is 3. The Morgan fingerprint density at radius 3 is 2.66 bits per heavy atom. The van der Waals surface area contributed by atoms with Crippen LogP contribution in [0.2, 0.25) is 0 Å². The van der Waals surface area contributed by atoms with Crippen molar-refractivity contribution in [3.05, 3.63) is 65.0 Å². The second-order valence-electron chi connectivity index (χ2n) is 7.11. The Balaban J connectivity index is 1.59. The predicted molar refractivity (Wildman–Crippen MR) is 116 cm³/mol. The summed E-state index contributed by atoms with van der Waals surface area (Å²) in [6, 6.07) is 13.8. The second kappa shape index (κ2) is 9.13. The zero-order valence-electron chi connectivity index (χ0n) is 17.4. The molecule has 152 valence electrons. The summed E-state index contributed by atoms with van der Waals surface area (Å²) in [6.45, 7) is 8.07. The van der Waals surface area contributed by atoms with E-state index >= 15 is 0 Å². The molecule has 1 N–H and O–H groups in total. The van der Waals surface area contributed by atoms with Crippen molar-refractivity contribution in [3.8, 4) is 5.75 Å². The third-order valence-corrected chi connectivity index (χ3v) is 5.68. The molecule has 0 aliphatic heterocycles. The fourth-order valence-corrected chi connectivity index (χ4v) is 3.62. The van der Waals surface area contributed by atoms with Crippen molar-refractivity contribution in [2.24, 2.45) is 7.05 Å². The Morgan fingerprint density at radius 2 is 1.93 bits per heavy atom. The number of nitrogens with zero attached hydrogens (tertiary/aromatic N) is 3. The average molecular weight is 411 g/mol. The van der Waals surface area contributed by atoms with Gasteiger partial charge in [0.2, 0.25) is 5.91 Å². The molecule has 0 bridgehead atoms. The first kappa shape index (κ1) is 20.9. The SMILES string of the molecule is Cc1cccc(NC(=O)CSc2nnc(C(C)Oc3ccc(C)c(C)c3)n2C)c1. The number of thioether (sulfide) groups is 1. The molecule has 0 fully saturated rings. The molecule has 0 aliphatic rings. The van der Waals surface area contributed by atoms with Crippen molar-refractivity contribution in [3.63, 3.8) is 0 Å². The van der Waals surface area contributed by atoms with Gasteiger partial charge in [0.05, 0.1) is 5.75 Å². The number of carbonyl (C=O) groups excluding carboxylic acids is 1. The minimum Gasteiger partial charge on any atom is -0.483 e. The predicted octanol–water partition coefficient (Wildman–Crippen LogP) is 4.61. The first-order chi connectivity index (χ1) is 13.8. The number of anilines is 1. The molecule has 0 saturated heterocycles. The number of hydrogen-bond acceptors (Lipinski definition) is 5. The van der Waals surface area contributed by atoms with Gasteiger partial charge < -0.3 is 14.6 Å². The van der Waals surface area contributed by atoms with Crippen LogP contribution in [0.15, 0.2) is 47.6 Å². The number of amides is 1. The number of carbonyl (C=O) groups is 1. The van der Waals surface area contributed by atoms with E-state index in [4.69, 9.17) is 4.74 Å². The molecule has 1 amide bonds. The van der Waals surface area contributed by atoms with E-state index in [9.17, 15) is 4.79 Å². The summed E-state index contributed by atoms with van der Waals surface area (Å²) < 4.78 is 7.91. The molecule has 1 heterocycles. The van der Waals surface area contributed by atoms with Crippen LogP contribution in [-0.2, 0) is 11.8 Å². The summed E-state index contributed by atoms with van der Waals surface area (Å²) in [6.07, 6.45) is -0.259. The minimum absolute atomic E-state index is 0.0791. The van der Waals surface area contributed by atoms with Crippen molar-refractivity contribution in [2.45, 2.75) is 39.0 Å². The lowest BCUT2D eigenvalue weighted by atomic mass is 10.1. The molecule has 7 heteroatoms. The van der Waals surface area contributed by atoms with E-state index in [1.165, 1.54) is 22.9 Å². The van der Waals surface area contributed by atoms with Gasteiger partial charge in [0.1, 0.15) is 5.75 Å². The number of ether oxygens (including phenoxy) is 1. The zero-order chi connectivity index (χ0) is 21.0. The molecule has 2 aromatic carbocycles. The Kier molecular flexibility index (Phi) is 6.59. The molecule has 29 heavy (non-hydrogen) atoms. The third-order valence-electron chi connectivity index (χ3n) is 4.66. The van der Waals surface area contributed by atoms with Crippen LogP contribution in [0.3, 0.4) is 0 Å². The maximum absolute atomic E-state index is 12.2. The van der Waals surface area contributed by atoms with Crippen LogP contribution in [0.4, 0.5) is 5.69 Å². The smallest absolute Gasteiger partial charge is 0.234 e. The molecule has 3 rings (SSSR count). The molecule has 3 aromatic rings. The topological polar surface area (TPSA) is 69.0 Å². The van der Waals surface area contributed by atoms with Crippen LogP contribution in [0.1, 0.15) is 35.5 Å². The van der Waals surface area contributed by atoms with Crippen LogP contribution < -0.4 is 10.1 Å². The van der Waals surface area contributed by atoms with Gasteiger partial charge in [0, 0.05) is 12.7 Å². The van der Waals surface area contributed by atoms with Crippen molar-refractivity contribution in [1.29, 1.82) is 0 Å². The monoisotopic (exact) mass is 410 g/mol. The highest BCUT2D eigenvalue weighted by atomic mass is 32.2. The van der Waals surface area contributed by atoms with E-state index in [0.717, 1.165) is 17.0 Å². The standard InChI is InChI=1S/C22H26N4O2S/c1-14-7-6-8-18(11-14)23-20(27)13-29-22-25-24-21(26(22)5)17(4)28-19-10-9-15(2)16(3)12-19/h6-12,17H,13H2,1-5H3,(H,23,27). The van der Waals surface area contributed by atoms with Gasteiger partial charge in [-0.2, -0.15) is 0 Å². The molecule has 0 saturated carbocycles. The Bertz CT molecular complexity index is 1020. The molecule has 1 unspecified atom stereocenters. The van der Waals surface area contributed by atoms with Gasteiger partial charge in [-0.15, -0.1) is 10.2 Å². The fraction of sp³-hybridized carbons (Fsp3) is 0.318. The summed E-state index contributed by atoms with van der Waals surface area (Å²) in [4.78, 5) is 12.2. The lowest BCUT2D eigenvalue weighted by Crippen LogP contribution is -2.15. The van der Waals surface area contributed by atoms with Crippen molar-refractivity contribution in [2.75, 3.05) is 11.1 Å². The van der Waals surface area contributed by atoms with Crippen molar-refractivity contribution < 1.29 is 9.53 Å². The molecule has 1 atom stereocenters. The fourth-order valence-electron chi connectivity index (χ4n) is 2.90. The first-order valence-electron chi connectivity index (χ1n) is 9.46. The van der Waals surface area contributed by atoms with Crippen LogP contribution in [0, 0.1) is 20.8 Å². The minimum atomic E-state index is -0.259. The number of benzene rings is 2. The largest absolute Gasteiger partial charge is 0.483 e. The molecular weight excluding hydrogens is 384 g/mol. The normalized spacial score (nSPS) is 11.9. The van der Waals surface area contributed by atoms with E-state index in [0.29, 0.717) is 11.0 Å². The Hall–Kier alpha value is -2.80. The quantitative estimate of drug-likeness (QED) is 0.576. The molecule has 0 aliphatic carbocycles. The van der Waals surface area contributed by atoms with Gasteiger partial charge in [-0.1, -0.05) is 30.0 Å². The Morgan fingerprint density at radius 1 is 1.14 bits per heavy atom. The molecule has 0 radical (unpaired) electrons. The van der Waals surface area contributed by atoms with Gasteiger partial charge in [-0.25, -0.2) is 0 Å². The maximum Gasteiger partial charge on any atom is 0.234 e. The zero-order valence-corrected chi connectivity index (χ0v) is 18.2. The third kappa shape index (κ3) is 5.38. The van der Waals surface area contributed by atoms with Crippen LogP contribution >= 0.6 is 11.8 Å².